The lowest BCUT2D eigenvalue weighted by Gasteiger charge is -2.09. The number of amides is 1. The van der Waals surface area contributed by atoms with Gasteiger partial charge in [-0.1, -0.05) is 30.3 Å². The van der Waals surface area contributed by atoms with Gasteiger partial charge in [0.2, 0.25) is 5.91 Å². The molecule has 0 spiro atoms. The molecule has 3 rings (SSSR count). The fraction of sp³-hybridized carbons (Fsp3) is 0.533. The highest BCUT2D eigenvalue weighted by atomic mass is 16.2. The third-order valence-corrected chi connectivity index (χ3v) is 4.08. The lowest BCUT2D eigenvalue weighted by Crippen LogP contribution is -2.31. The van der Waals surface area contributed by atoms with Crippen LogP contribution in [0.5, 0.6) is 0 Å². The van der Waals surface area contributed by atoms with Crippen molar-refractivity contribution in [2.24, 2.45) is 11.8 Å². The van der Waals surface area contributed by atoms with E-state index in [0.29, 0.717) is 11.8 Å². The molecular weight excluding hydrogens is 224 g/mol. The summed E-state index contributed by atoms with van der Waals surface area (Å²) in [6.45, 7) is 2.98. The van der Waals surface area contributed by atoms with Crippen LogP contribution < -0.4 is 10.6 Å². The fourth-order valence-electron chi connectivity index (χ4n) is 2.82. The van der Waals surface area contributed by atoms with Gasteiger partial charge in [-0.05, 0) is 43.3 Å². The molecule has 1 aliphatic heterocycles. The number of hydrogen-bond acceptors (Lipinski definition) is 2. The maximum Gasteiger partial charge on any atom is 0.223 e. The molecule has 2 N–H and O–H groups in total. The van der Waals surface area contributed by atoms with E-state index in [-0.39, 0.29) is 11.8 Å². The number of nitrogens with one attached hydrogen (secondary N) is 2. The Bertz CT molecular complexity index is 412. The van der Waals surface area contributed by atoms with Crippen molar-refractivity contribution in [2.75, 3.05) is 19.6 Å². The Hall–Kier alpha value is -1.35. The Morgan fingerprint density at radius 1 is 1.33 bits per heavy atom. The van der Waals surface area contributed by atoms with Crippen molar-refractivity contribution in [3.63, 3.8) is 0 Å². The summed E-state index contributed by atoms with van der Waals surface area (Å²) in [5.41, 5.74) is 1.31. The van der Waals surface area contributed by atoms with Gasteiger partial charge in [0.05, 0.1) is 0 Å². The van der Waals surface area contributed by atoms with Crippen molar-refractivity contribution in [1.29, 1.82) is 0 Å². The largest absolute Gasteiger partial charge is 0.356 e. The van der Waals surface area contributed by atoms with E-state index in [1.54, 1.807) is 0 Å². The van der Waals surface area contributed by atoms with Crippen LogP contribution in [0, 0.1) is 11.8 Å². The number of carbonyl (C=O) groups is 1. The molecule has 2 aliphatic rings. The fourth-order valence-corrected chi connectivity index (χ4v) is 2.82. The first kappa shape index (κ1) is 11.7. The highest BCUT2D eigenvalue weighted by Crippen LogP contribution is 2.47. The van der Waals surface area contributed by atoms with Crippen LogP contribution in [-0.4, -0.2) is 25.5 Å². The van der Waals surface area contributed by atoms with Crippen molar-refractivity contribution < 1.29 is 4.79 Å². The standard InChI is InChI=1S/C15H20N2O/c18-15(17-10-11-6-7-16-9-11)14-8-13(14)12-4-2-1-3-5-12/h1-5,11,13-14,16H,6-10H2,(H,17,18). The summed E-state index contributed by atoms with van der Waals surface area (Å²) in [6, 6.07) is 10.4. The van der Waals surface area contributed by atoms with E-state index in [1.165, 1.54) is 12.0 Å². The molecule has 18 heavy (non-hydrogen) atoms. The molecule has 3 nitrogen and oxygen atoms in total. The summed E-state index contributed by atoms with van der Waals surface area (Å²) in [5, 5.41) is 6.43. The van der Waals surface area contributed by atoms with E-state index in [2.05, 4.69) is 22.8 Å². The van der Waals surface area contributed by atoms with Crippen molar-refractivity contribution in [2.45, 2.75) is 18.8 Å². The Kier molecular flexibility index (Phi) is 3.33. The predicted molar refractivity (Wildman–Crippen MR) is 71.3 cm³/mol. The van der Waals surface area contributed by atoms with Crippen LogP contribution in [0.4, 0.5) is 0 Å². The van der Waals surface area contributed by atoms with Crippen LogP contribution in [0.1, 0.15) is 24.3 Å². The quantitative estimate of drug-likeness (QED) is 0.843. The molecule has 1 saturated heterocycles. The molecule has 1 heterocycles. The molecule has 0 bridgehead atoms. The van der Waals surface area contributed by atoms with E-state index >= 15 is 0 Å². The molecule has 1 aliphatic carbocycles. The number of hydrogen-bond donors (Lipinski definition) is 2. The van der Waals surface area contributed by atoms with Gasteiger partial charge in [-0.2, -0.15) is 0 Å². The smallest absolute Gasteiger partial charge is 0.223 e. The van der Waals surface area contributed by atoms with Gasteiger partial charge in [0.1, 0.15) is 0 Å². The summed E-state index contributed by atoms with van der Waals surface area (Å²) in [6.07, 6.45) is 2.20. The van der Waals surface area contributed by atoms with Gasteiger partial charge in [0.25, 0.3) is 0 Å². The number of rotatable bonds is 4. The first-order chi connectivity index (χ1) is 8.84. The Morgan fingerprint density at radius 2 is 2.17 bits per heavy atom. The molecule has 3 unspecified atom stereocenters. The lowest BCUT2D eigenvalue weighted by molar-refractivity contribution is -0.122. The average molecular weight is 244 g/mol. The van der Waals surface area contributed by atoms with Crippen LogP contribution in [0.3, 0.4) is 0 Å². The van der Waals surface area contributed by atoms with E-state index < -0.39 is 0 Å². The minimum absolute atomic E-state index is 0.210. The Labute approximate surface area is 108 Å². The number of benzene rings is 1. The maximum atomic E-state index is 12.0. The van der Waals surface area contributed by atoms with Crippen LogP contribution >= 0.6 is 0 Å². The van der Waals surface area contributed by atoms with Gasteiger partial charge in [0.15, 0.2) is 0 Å². The summed E-state index contributed by atoms with van der Waals surface area (Å²) < 4.78 is 0. The van der Waals surface area contributed by atoms with E-state index in [0.717, 1.165) is 26.1 Å². The molecule has 1 aromatic rings. The molecule has 1 saturated carbocycles. The zero-order chi connectivity index (χ0) is 12.4. The highest BCUT2D eigenvalue weighted by molar-refractivity contribution is 5.82. The van der Waals surface area contributed by atoms with Gasteiger partial charge in [-0.3, -0.25) is 4.79 Å². The van der Waals surface area contributed by atoms with Crippen molar-refractivity contribution in [1.82, 2.24) is 10.6 Å². The average Bonchev–Trinajstić information content (AvgIpc) is 3.05. The lowest BCUT2D eigenvalue weighted by atomic mass is 10.1. The van der Waals surface area contributed by atoms with Crippen LogP contribution in [0.2, 0.25) is 0 Å². The van der Waals surface area contributed by atoms with E-state index in [1.807, 2.05) is 18.2 Å². The third kappa shape index (κ3) is 2.56. The predicted octanol–water partition coefficient (Wildman–Crippen LogP) is 1.52. The van der Waals surface area contributed by atoms with Gasteiger partial charge in [-0.15, -0.1) is 0 Å². The third-order valence-electron chi connectivity index (χ3n) is 4.08. The first-order valence-electron chi connectivity index (χ1n) is 6.88. The first-order valence-corrected chi connectivity index (χ1v) is 6.88. The molecule has 1 aromatic carbocycles. The number of carbonyl (C=O) groups excluding carboxylic acids is 1. The van der Waals surface area contributed by atoms with Crippen LogP contribution in [-0.2, 0) is 4.79 Å². The SMILES string of the molecule is O=C(NCC1CCNC1)C1CC1c1ccccc1. The second-order valence-electron chi connectivity index (χ2n) is 5.46. The zero-order valence-electron chi connectivity index (χ0n) is 10.6. The molecule has 3 atom stereocenters. The Morgan fingerprint density at radius 3 is 2.89 bits per heavy atom. The van der Waals surface area contributed by atoms with Gasteiger partial charge in [-0.25, -0.2) is 0 Å². The molecule has 3 heteroatoms. The highest BCUT2D eigenvalue weighted by Gasteiger charge is 2.43. The molecule has 1 amide bonds. The van der Waals surface area contributed by atoms with Crippen molar-refractivity contribution >= 4 is 5.91 Å². The summed E-state index contributed by atoms with van der Waals surface area (Å²) in [4.78, 5) is 12.0. The molecule has 0 aromatic heterocycles. The summed E-state index contributed by atoms with van der Waals surface area (Å²) >= 11 is 0. The second kappa shape index (κ2) is 5.11. The monoisotopic (exact) mass is 244 g/mol. The zero-order valence-corrected chi connectivity index (χ0v) is 10.6. The molecular formula is C15H20N2O. The van der Waals surface area contributed by atoms with Gasteiger partial charge < -0.3 is 10.6 Å². The van der Waals surface area contributed by atoms with Gasteiger partial charge >= 0.3 is 0 Å². The van der Waals surface area contributed by atoms with Crippen molar-refractivity contribution in [3.8, 4) is 0 Å². The summed E-state index contributed by atoms with van der Waals surface area (Å²) in [5.74, 6) is 1.54. The molecule has 96 valence electrons. The normalized spacial score (nSPS) is 30.1. The van der Waals surface area contributed by atoms with E-state index in [9.17, 15) is 4.79 Å². The molecule has 2 fully saturated rings. The molecule has 0 radical (unpaired) electrons. The van der Waals surface area contributed by atoms with E-state index in [4.69, 9.17) is 0 Å². The topological polar surface area (TPSA) is 41.1 Å². The minimum atomic E-state index is 0.210. The van der Waals surface area contributed by atoms with Gasteiger partial charge in [0, 0.05) is 12.5 Å². The van der Waals surface area contributed by atoms with Crippen molar-refractivity contribution in [3.05, 3.63) is 35.9 Å². The van der Waals surface area contributed by atoms with Crippen LogP contribution in [0.25, 0.3) is 0 Å². The minimum Gasteiger partial charge on any atom is -0.356 e. The summed E-state index contributed by atoms with van der Waals surface area (Å²) in [7, 11) is 0. The van der Waals surface area contributed by atoms with Crippen LogP contribution in [0.15, 0.2) is 30.3 Å². The second-order valence-corrected chi connectivity index (χ2v) is 5.46. The maximum absolute atomic E-state index is 12.0. The Balaban J connectivity index is 1.47.